The minimum absolute atomic E-state index is 0.0786. The molecule has 1 heteroatoms. The van der Waals surface area contributed by atoms with Crippen LogP contribution >= 0.6 is 0 Å². The number of aryl methyl sites for hydroxylation is 2. The minimum Gasteiger partial charge on any atom is -0.0840 e. The molecule has 3 rings (SSSR count). The lowest BCUT2D eigenvalue weighted by Gasteiger charge is -2.37. The van der Waals surface area contributed by atoms with E-state index < -0.39 is 9.52 Å². The van der Waals surface area contributed by atoms with Gasteiger partial charge in [0.25, 0.3) is 0 Å². The highest BCUT2D eigenvalue weighted by Gasteiger charge is 2.42. The van der Waals surface area contributed by atoms with Gasteiger partial charge in [-0.25, -0.2) is 0 Å². The third-order valence-corrected chi connectivity index (χ3v) is 9.56. The highest BCUT2D eigenvalue weighted by Crippen LogP contribution is 2.51. The van der Waals surface area contributed by atoms with E-state index in [1.807, 2.05) is 0 Å². The fourth-order valence-electron chi connectivity index (χ4n) is 4.75. The summed E-state index contributed by atoms with van der Waals surface area (Å²) in [7, 11) is -0.438. The van der Waals surface area contributed by atoms with Gasteiger partial charge in [-0.2, -0.15) is 0 Å². The Labute approximate surface area is 156 Å². The number of benzene rings is 1. The molecule has 0 bridgehead atoms. The molecular formula is C24H32Si. The van der Waals surface area contributed by atoms with Crippen LogP contribution in [0, 0.1) is 13.8 Å². The smallest absolute Gasteiger partial charge is 0.0623 e. The molecule has 25 heavy (non-hydrogen) atoms. The highest BCUT2D eigenvalue weighted by molar-refractivity contribution is 6.51. The molecule has 132 valence electrons. The molecule has 0 aromatic heterocycles. The van der Waals surface area contributed by atoms with Gasteiger partial charge in [0.15, 0.2) is 0 Å². The first-order valence-corrected chi connectivity index (χ1v) is 10.9. The summed E-state index contributed by atoms with van der Waals surface area (Å²) in [5.74, 6) is 0. The summed E-state index contributed by atoms with van der Waals surface area (Å²) in [6, 6.07) is 7.11. The zero-order valence-corrected chi connectivity index (χ0v) is 18.4. The number of allylic oxidation sites excluding steroid dienone is 8. The van der Waals surface area contributed by atoms with Crippen LogP contribution in [0.2, 0.25) is 5.04 Å². The molecule has 0 saturated carbocycles. The van der Waals surface area contributed by atoms with Crippen molar-refractivity contribution in [2.45, 2.75) is 65.3 Å². The zero-order valence-electron chi connectivity index (χ0n) is 17.0. The normalized spacial score (nSPS) is 29.6. The Balaban J connectivity index is 2.12. The Hall–Kier alpha value is -1.60. The number of hydrogen-bond acceptors (Lipinski definition) is 0. The molecule has 0 saturated heterocycles. The van der Waals surface area contributed by atoms with Gasteiger partial charge in [0.1, 0.15) is 0 Å². The molecule has 0 spiro atoms. The number of hydrogen-bond donors (Lipinski definition) is 0. The summed E-state index contributed by atoms with van der Waals surface area (Å²) in [6.45, 7) is 16.4. The van der Waals surface area contributed by atoms with E-state index in [9.17, 15) is 0 Å². The van der Waals surface area contributed by atoms with E-state index in [1.165, 1.54) is 28.7 Å². The number of rotatable bonds is 3. The largest absolute Gasteiger partial charge is 0.0840 e. The van der Waals surface area contributed by atoms with E-state index in [-0.39, 0.29) is 5.41 Å². The molecule has 0 nitrogen and oxygen atoms in total. The second kappa shape index (κ2) is 6.28. The van der Waals surface area contributed by atoms with Crippen LogP contribution in [0.3, 0.4) is 0 Å². The van der Waals surface area contributed by atoms with Crippen molar-refractivity contribution in [3.05, 3.63) is 81.1 Å². The van der Waals surface area contributed by atoms with E-state index in [2.05, 4.69) is 91.0 Å². The fourth-order valence-corrected chi connectivity index (χ4v) is 7.48. The van der Waals surface area contributed by atoms with Crippen LogP contribution in [0.15, 0.2) is 64.4 Å². The molecule has 0 fully saturated rings. The Morgan fingerprint density at radius 2 is 1.48 bits per heavy atom. The van der Waals surface area contributed by atoms with Gasteiger partial charge < -0.3 is 0 Å². The van der Waals surface area contributed by atoms with Crippen molar-refractivity contribution in [3.63, 3.8) is 0 Å². The zero-order chi connectivity index (χ0) is 18.4. The predicted octanol–water partition coefficient (Wildman–Crippen LogP) is 6.05. The summed E-state index contributed by atoms with van der Waals surface area (Å²) in [5, 5.41) is 2.10. The monoisotopic (exact) mass is 348 g/mol. The van der Waals surface area contributed by atoms with Crippen molar-refractivity contribution < 1.29 is 0 Å². The standard InChI is InChI=1S/C24H32Si/c1-16-13-17(2)15-21(14-16)24(7)20(5)18(3)19(4)22(24)25-23(6)11-9-8-10-12-23/h8-11,13-15H,12,25H2,1-7H3. The van der Waals surface area contributed by atoms with E-state index in [0.717, 1.165) is 0 Å². The first-order chi connectivity index (χ1) is 11.7. The van der Waals surface area contributed by atoms with Gasteiger partial charge >= 0.3 is 0 Å². The molecule has 0 radical (unpaired) electrons. The quantitative estimate of drug-likeness (QED) is 0.583. The Morgan fingerprint density at radius 1 is 0.840 bits per heavy atom. The summed E-state index contributed by atoms with van der Waals surface area (Å²) >= 11 is 0. The Morgan fingerprint density at radius 3 is 2.04 bits per heavy atom. The van der Waals surface area contributed by atoms with Crippen molar-refractivity contribution in [1.29, 1.82) is 0 Å². The molecule has 2 atom stereocenters. The van der Waals surface area contributed by atoms with Gasteiger partial charge in [0, 0.05) is 5.41 Å². The first-order valence-electron chi connectivity index (χ1n) is 9.49. The molecule has 1 aromatic rings. The van der Waals surface area contributed by atoms with Crippen molar-refractivity contribution in [1.82, 2.24) is 0 Å². The van der Waals surface area contributed by atoms with Gasteiger partial charge in [-0.3, -0.25) is 0 Å². The van der Waals surface area contributed by atoms with Gasteiger partial charge in [0.05, 0.1) is 9.52 Å². The SMILES string of the molecule is CC1=C(C)C(C)(c2cc(C)cc(C)c2)C([SiH2]C2(C)C=CC=CC2)=C1C. The third-order valence-electron chi connectivity index (χ3n) is 6.64. The van der Waals surface area contributed by atoms with Crippen molar-refractivity contribution in [3.8, 4) is 0 Å². The van der Waals surface area contributed by atoms with Gasteiger partial charge in [-0.1, -0.05) is 76.9 Å². The van der Waals surface area contributed by atoms with Crippen molar-refractivity contribution in [2.24, 2.45) is 0 Å². The molecule has 0 N–H and O–H groups in total. The summed E-state index contributed by atoms with van der Waals surface area (Å²) in [4.78, 5) is 0. The molecule has 0 amide bonds. The average Bonchev–Trinajstić information content (AvgIpc) is 2.71. The second-order valence-electron chi connectivity index (χ2n) is 8.68. The summed E-state index contributed by atoms with van der Waals surface area (Å²) in [6.07, 6.45) is 10.4. The lowest BCUT2D eigenvalue weighted by molar-refractivity contribution is 0.678. The van der Waals surface area contributed by atoms with E-state index in [0.29, 0.717) is 5.04 Å². The predicted molar refractivity (Wildman–Crippen MR) is 114 cm³/mol. The summed E-state index contributed by atoms with van der Waals surface area (Å²) in [5.41, 5.74) is 8.95. The van der Waals surface area contributed by atoms with Crippen molar-refractivity contribution in [2.75, 3.05) is 0 Å². The second-order valence-corrected chi connectivity index (χ2v) is 11.4. The lowest BCUT2D eigenvalue weighted by Crippen LogP contribution is -2.32. The molecule has 1 aromatic carbocycles. The average molecular weight is 349 g/mol. The minimum atomic E-state index is -0.438. The first kappa shape index (κ1) is 18.2. The van der Waals surface area contributed by atoms with Crippen LogP contribution in [0.25, 0.3) is 0 Å². The van der Waals surface area contributed by atoms with Gasteiger partial charge in [0.2, 0.25) is 0 Å². The van der Waals surface area contributed by atoms with E-state index in [1.54, 1.807) is 16.3 Å². The molecule has 0 heterocycles. The topological polar surface area (TPSA) is 0 Å². The summed E-state index contributed by atoms with van der Waals surface area (Å²) < 4.78 is 0. The lowest BCUT2D eigenvalue weighted by atomic mass is 9.77. The molecule has 2 unspecified atom stereocenters. The van der Waals surface area contributed by atoms with Crippen molar-refractivity contribution >= 4 is 9.52 Å². The van der Waals surface area contributed by atoms with Crippen LogP contribution in [-0.2, 0) is 5.41 Å². The van der Waals surface area contributed by atoms with Crippen LogP contribution in [0.5, 0.6) is 0 Å². The van der Waals surface area contributed by atoms with E-state index in [4.69, 9.17) is 0 Å². The van der Waals surface area contributed by atoms with Gasteiger partial charge in [-0.15, -0.1) is 0 Å². The van der Waals surface area contributed by atoms with Crippen LogP contribution in [0.1, 0.15) is 57.7 Å². The fraction of sp³-hybridized carbons (Fsp3) is 0.417. The van der Waals surface area contributed by atoms with Crippen LogP contribution in [-0.4, -0.2) is 9.52 Å². The third kappa shape index (κ3) is 3.04. The molecule has 2 aliphatic rings. The van der Waals surface area contributed by atoms with Crippen LogP contribution in [0.4, 0.5) is 0 Å². The van der Waals surface area contributed by atoms with Gasteiger partial charge in [-0.05, 0) is 64.1 Å². The highest BCUT2D eigenvalue weighted by atomic mass is 28.2. The Bertz CT molecular complexity index is 813. The maximum atomic E-state index is 2.48. The maximum absolute atomic E-state index is 2.48. The molecule has 2 aliphatic carbocycles. The maximum Gasteiger partial charge on any atom is 0.0623 e. The Kier molecular flexibility index (Phi) is 4.57. The van der Waals surface area contributed by atoms with E-state index >= 15 is 0 Å². The molecular weight excluding hydrogens is 316 g/mol. The molecule has 0 aliphatic heterocycles. The van der Waals surface area contributed by atoms with Crippen LogP contribution < -0.4 is 0 Å².